The van der Waals surface area contributed by atoms with Crippen LogP contribution in [0.1, 0.15) is 35.7 Å². The number of nitrogens with zero attached hydrogens (tertiary/aromatic N) is 1. The molecule has 2 aromatic carbocycles. The number of carbonyl (C=O) groups excluding carboxylic acids is 1. The van der Waals surface area contributed by atoms with Gasteiger partial charge < -0.3 is 10.2 Å². The lowest BCUT2D eigenvalue weighted by Crippen LogP contribution is -2.27. The van der Waals surface area contributed by atoms with Gasteiger partial charge >= 0.3 is 0 Å². The lowest BCUT2D eigenvalue weighted by Gasteiger charge is -2.10. The van der Waals surface area contributed by atoms with Gasteiger partial charge in [0.2, 0.25) is 0 Å². The highest BCUT2D eigenvalue weighted by molar-refractivity contribution is 5.94. The normalized spacial score (nSPS) is 10.8. The van der Waals surface area contributed by atoms with Crippen molar-refractivity contribution in [3.05, 3.63) is 59.7 Å². The maximum Gasteiger partial charge on any atom is 0.251 e. The van der Waals surface area contributed by atoms with Gasteiger partial charge in [-0.1, -0.05) is 49.7 Å². The number of benzene rings is 2. The second-order valence-electron chi connectivity index (χ2n) is 6.44. The molecule has 0 saturated heterocycles. The van der Waals surface area contributed by atoms with Crippen LogP contribution in [-0.2, 0) is 6.42 Å². The highest BCUT2D eigenvalue weighted by Crippen LogP contribution is 2.20. The van der Waals surface area contributed by atoms with Gasteiger partial charge in [0.25, 0.3) is 5.91 Å². The van der Waals surface area contributed by atoms with E-state index < -0.39 is 0 Å². The smallest absolute Gasteiger partial charge is 0.251 e. The summed E-state index contributed by atoms with van der Waals surface area (Å²) in [6, 6.07) is 16.5. The first kappa shape index (κ1) is 18.2. The van der Waals surface area contributed by atoms with Crippen molar-refractivity contribution in [3.8, 4) is 11.1 Å². The van der Waals surface area contributed by atoms with Gasteiger partial charge in [0.15, 0.2) is 0 Å². The molecule has 0 saturated carbocycles. The summed E-state index contributed by atoms with van der Waals surface area (Å²) in [6.07, 6.45) is 3.24. The largest absolute Gasteiger partial charge is 0.352 e. The zero-order valence-corrected chi connectivity index (χ0v) is 15.0. The van der Waals surface area contributed by atoms with E-state index in [0.29, 0.717) is 12.1 Å². The van der Waals surface area contributed by atoms with Crippen molar-refractivity contribution in [2.75, 3.05) is 27.2 Å². The Morgan fingerprint density at radius 3 is 2.08 bits per heavy atom. The minimum absolute atomic E-state index is 0.00130. The first-order chi connectivity index (χ1) is 11.6. The van der Waals surface area contributed by atoms with Crippen LogP contribution in [-0.4, -0.2) is 38.0 Å². The van der Waals surface area contributed by atoms with Crippen molar-refractivity contribution in [2.24, 2.45) is 0 Å². The van der Waals surface area contributed by atoms with Crippen molar-refractivity contribution in [2.45, 2.75) is 26.2 Å². The number of amides is 1. The fourth-order valence-electron chi connectivity index (χ4n) is 2.67. The quantitative estimate of drug-likeness (QED) is 0.745. The van der Waals surface area contributed by atoms with Crippen LogP contribution in [0.2, 0.25) is 0 Å². The topological polar surface area (TPSA) is 32.3 Å². The van der Waals surface area contributed by atoms with Gasteiger partial charge in [0.1, 0.15) is 0 Å². The molecule has 1 N–H and O–H groups in total. The first-order valence-electron chi connectivity index (χ1n) is 8.72. The van der Waals surface area contributed by atoms with Crippen molar-refractivity contribution in [1.29, 1.82) is 0 Å². The van der Waals surface area contributed by atoms with Crippen LogP contribution in [0.5, 0.6) is 0 Å². The molecule has 3 nitrogen and oxygen atoms in total. The molecule has 3 heteroatoms. The third-order valence-electron chi connectivity index (χ3n) is 4.04. The standard InChI is InChI=1S/C21H28N2O/c1-4-6-17-7-9-18(10-8-17)19-11-13-20(14-12-19)21(24)22-15-5-16-23(2)3/h7-14H,4-6,15-16H2,1-3H3,(H,22,24). The van der Waals surface area contributed by atoms with E-state index in [0.717, 1.165) is 31.4 Å². The van der Waals surface area contributed by atoms with Crippen LogP contribution < -0.4 is 5.32 Å². The molecule has 0 radical (unpaired) electrons. The Morgan fingerprint density at radius 1 is 0.958 bits per heavy atom. The molecule has 0 atom stereocenters. The lowest BCUT2D eigenvalue weighted by atomic mass is 10.0. The summed E-state index contributed by atoms with van der Waals surface area (Å²) in [7, 11) is 4.07. The summed E-state index contributed by atoms with van der Waals surface area (Å²) in [5.74, 6) is -0.00130. The maximum atomic E-state index is 12.1. The van der Waals surface area contributed by atoms with E-state index in [1.807, 2.05) is 38.4 Å². The molecule has 2 aromatic rings. The molecule has 2 rings (SSSR count). The monoisotopic (exact) mass is 324 g/mol. The molecule has 0 aromatic heterocycles. The van der Waals surface area contributed by atoms with Gasteiger partial charge in [-0.25, -0.2) is 0 Å². The van der Waals surface area contributed by atoms with Gasteiger partial charge in [-0.05, 0) is 62.3 Å². The second kappa shape index (κ2) is 9.24. The molecule has 0 aliphatic rings. The Hall–Kier alpha value is -2.13. The van der Waals surface area contributed by atoms with E-state index in [-0.39, 0.29) is 5.91 Å². The molecule has 24 heavy (non-hydrogen) atoms. The van der Waals surface area contributed by atoms with Crippen LogP contribution in [0.15, 0.2) is 48.5 Å². The summed E-state index contributed by atoms with van der Waals surface area (Å²) in [5, 5.41) is 2.97. The Morgan fingerprint density at radius 2 is 1.54 bits per heavy atom. The number of nitrogens with one attached hydrogen (secondary N) is 1. The third kappa shape index (κ3) is 5.50. The van der Waals surface area contributed by atoms with E-state index in [9.17, 15) is 4.79 Å². The van der Waals surface area contributed by atoms with Crippen LogP contribution in [0.3, 0.4) is 0 Å². The van der Waals surface area contributed by atoms with Crippen LogP contribution in [0.25, 0.3) is 11.1 Å². The average Bonchev–Trinajstić information content (AvgIpc) is 2.59. The molecule has 0 unspecified atom stereocenters. The Labute approximate surface area is 145 Å². The van der Waals surface area contributed by atoms with E-state index in [1.54, 1.807) is 0 Å². The zero-order valence-electron chi connectivity index (χ0n) is 15.0. The SMILES string of the molecule is CCCc1ccc(-c2ccc(C(=O)NCCCN(C)C)cc2)cc1. The molecule has 128 valence electrons. The van der Waals surface area contributed by atoms with Crippen molar-refractivity contribution >= 4 is 5.91 Å². The number of rotatable bonds is 8. The molecular weight excluding hydrogens is 296 g/mol. The molecular formula is C21H28N2O. The van der Waals surface area contributed by atoms with E-state index >= 15 is 0 Å². The summed E-state index contributed by atoms with van der Waals surface area (Å²) in [4.78, 5) is 14.2. The molecule has 0 aliphatic heterocycles. The van der Waals surface area contributed by atoms with Crippen LogP contribution in [0, 0.1) is 0 Å². The van der Waals surface area contributed by atoms with Gasteiger partial charge in [-0.2, -0.15) is 0 Å². The van der Waals surface area contributed by atoms with Crippen molar-refractivity contribution in [3.63, 3.8) is 0 Å². The van der Waals surface area contributed by atoms with E-state index in [1.165, 1.54) is 11.1 Å². The van der Waals surface area contributed by atoms with Gasteiger partial charge in [-0.3, -0.25) is 4.79 Å². The number of hydrogen-bond donors (Lipinski definition) is 1. The Balaban J connectivity index is 1.93. The number of aryl methyl sites for hydroxylation is 1. The minimum Gasteiger partial charge on any atom is -0.352 e. The highest BCUT2D eigenvalue weighted by Gasteiger charge is 2.05. The molecule has 0 fully saturated rings. The predicted molar refractivity (Wildman–Crippen MR) is 101 cm³/mol. The van der Waals surface area contributed by atoms with Crippen molar-refractivity contribution < 1.29 is 4.79 Å². The lowest BCUT2D eigenvalue weighted by molar-refractivity contribution is 0.0952. The van der Waals surface area contributed by atoms with Crippen LogP contribution >= 0.6 is 0 Å². The first-order valence-corrected chi connectivity index (χ1v) is 8.72. The fourth-order valence-corrected chi connectivity index (χ4v) is 2.67. The second-order valence-corrected chi connectivity index (χ2v) is 6.44. The van der Waals surface area contributed by atoms with Gasteiger partial charge in [-0.15, -0.1) is 0 Å². The Kier molecular flexibility index (Phi) is 7.01. The summed E-state index contributed by atoms with van der Waals surface area (Å²) < 4.78 is 0. The molecule has 0 heterocycles. The Bertz CT molecular complexity index is 630. The third-order valence-corrected chi connectivity index (χ3v) is 4.04. The van der Waals surface area contributed by atoms with E-state index in [4.69, 9.17) is 0 Å². The predicted octanol–water partition coefficient (Wildman–Crippen LogP) is 3.99. The molecule has 0 spiro atoms. The minimum atomic E-state index is -0.00130. The number of carbonyl (C=O) groups is 1. The van der Waals surface area contributed by atoms with E-state index in [2.05, 4.69) is 41.4 Å². The summed E-state index contributed by atoms with van der Waals surface area (Å²) in [6.45, 7) is 3.88. The average molecular weight is 324 g/mol. The van der Waals surface area contributed by atoms with Gasteiger partial charge in [0, 0.05) is 12.1 Å². The molecule has 0 bridgehead atoms. The molecule has 0 aliphatic carbocycles. The molecule has 1 amide bonds. The maximum absolute atomic E-state index is 12.1. The summed E-state index contributed by atoms with van der Waals surface area (Å²) in [5.41, 5.74) is 4.41. The van der Waals surface area contributed by atoms with Crippen molar-refractivity contribution in [1.82, 2.24) is 10.2 Å². The van der Waals surface area contributed by atoms with Crippen LogP contribution in [0.4, 0.5) is 0 Å². The number of hydrogen-bond acceptors (Lipinski definition) is 2. The fraction of sp³-hybridized carbons (Fsp3) is 0.381. The highest BCUT2D eigenvalue weighted by atomic mass is 16.1. The van der Waals surface area contributed by atoms with Gasteiger partial charge in [0.05, 0.1) is 0 Å². The summed E-state index contributed by atoms with van der Waals surface area (Å²) >= 11 is 0. The zero-order chi connectivity index (χ0) is 17.4.